The molecule has 5 nitrogen and oxygen atoms in total. The number of hydrogen-bond acceptors (Lipinski definition) is 4. The Hall–Kier alpha value is -0.910. The summed E-state index contributed by atoms with van der Waals surface area (Å²) >= 11 is 0. The lowest BCUT2D eigenvalue weighted by molar-refractivity contribution is -0.0252. The van der Waals surface area contributed by atoms with E-state index in [9.17, 15) is 0 Å². The molecule has 0 saturated carbocycles. The number of hydrogen-bond donors (Lipinski definition) is 1. The average molecular weight is 252 g/mol. The van der Waals surface area contributed by atoms with E-state index in [1.165, 1.54) is 0 Å². The molecule has 1 N–H and O–H groups in total. The zero-order chi connectivity index (χ0) is 12.8. The van der Waals surface area contributed by atoms with Crippen LogP contribution in [0.5, 0.6) is 0 Å². The van der Waals surface area contributed by atoms with Crippen LogP contribution in [-0.2, 0) is 11.3 Å². The molecule has 18 heavy (non-hydrogen) atoms. The first-order chi connectivity index (χ1) is 8.79. The predicted octanol–water partition coefficient (Wildman–Crippen LogP) is 0.502. The van der Waals surface area contributed by atoms with E-state index >= 15 is 0 Å². The normalized spacial score (nSPS) is 21.3. The monoisotopic (exact) mass is 252 g/mol. The zero-order valence-corrected chi connectivity index (χ0v) is 11.4. The molecule has 0 aromatic carbocycles. The molecule has 1 saturated heterocycles. The van der Waals surface area contributed by atoms with E-state index in [0.717, 1.165) is 51.7 Å². The van der Waals surface area contributed by atoms with Crippen molar-refractivity contribution in [1.82, 2.24) is 19.8 Å². The van der Waals surface area contributed by atoms with E-state index < -0.39 is 0 Å². The van der Waals surface area contributed by atoms with Gasteiger partial charge in [0, 0.05) is 45.1 Å². The fourth-order valence-corrected chi connectivity index (χ4v) is 2.29. The van der Waals surface area contributed by atoms with E-state index in [2.05, 4.69) is 26.7 Å². The van der Waals surface area contributed by atoms with Crippen molar-refractivity contribution in [2.24, 2.45) is 0 Å². The number of aromatic nitrogens is 2. The number of nitrogens with zero attached hydrogens (tertiary/aromatic N) is 3. The van der Waals surface area contributed by atoms with Crippen molar-refractivity contribution >= 4 is 0 Å². The van der Waals surface area contributed by atoms with Gasteiger partial charge in [0.2, 0.25) is 0 Å². The van der Waals surface area contributed by atoms with Crippen LogP contribution in [-0.4, -0.2) is 59.9 Å². The number of morpholine rings is 1. The van der Waals surface area contributed by atoms with Gasteiger partial charge in [0.15, 0.2) is 0 Å². The molecule has 1 aromatic heterocycles. The van der Waals surface area contributed by atoms with Gasteiger partial charge in [-0.3, -0.25) is 4.90 Å². The second kappa shape index (κ2) is 6.87. The highest BCUT2D eigenvalue weighted by Gasteiger charge is 2.18. The summed E-state index contributed by atoms with van der Waals surface area (Å²) in [5.41, 5.74) is 0. The Morgan fingerprint density at radius 1 is 1.56 bits per heavy atom. The van der Waals surface area contributed by atoms with Crippen LogP contribution in [0.15, 0.2) is 12.4 Å². The van der Waals surface area contributed by atoms with Crippen LogP contribution >= 0.6 is 0 Å². The summed E-state index contributed by atoms with van der Waals surface area (Å²) in [6.45, 7) is 11.2. The summed E-state index contributed by atoms with van der Waals surface area (Å²) in [4.78, 5) is 6.65. The first kappa shape index (κ1) is 13.5. The third kappa shape index (κ3) is 3.80. The maximum Gasteiger partial charge on any atom is 0.105 e. The number of likely N-dealkylation sites (N-methyl/N-ethyl adjacent to an activating group) is 1. The van der Waals surface area contributed by atoms with E-state index in [1.54, 1.807) is 0 Å². The second-order valence-electron chi connectivity index (χ2n) is 4.76. The number of imidazole rings is 1. The molecule has 1 aliphatic heterocycles. The van der Waals surface area contributed by atoms with Gasteiger partial charge in [-0.1, -0.05) is 6.92 Å². The van der Waals surface area contributed by atoms with Crippen molar-refractivity contribution in [2.45, 2.75) is 26.5 Å². The first-order valence-electron chi connectivity index (χ1n) is 6.82. The Bertz CT molecular complexity index is 353. The van der Waals surface area contributed by atoms with Gasteiger partial charge in [-0.25, -0.2) is 4.98 Å². The minimum Gasteiger partial charge on any atom is -0.374 e. The lowest BCUT2D eigenvalue weighted by Gasteiger charge is -2.32. The highest BCUT2D eigenvalue weighted by molar-refractivity contribution is 4.88. The standard InChI is InChI=1S/C13H24N4O/c1-3-16-8-9-18-13(11-16)10-14-4-6-17-7-5-15-12(17)2/h5,7,13-14H,3-4,6,8-11H2,1-2H3. The zero-order valence-electron chi connectivity index (χ0n) is 11.4. The van der Waals surface area contributed by atoms with Crippen molar-refractivity contribution in [3.8, 4) is 0 Å². The minimum atomic E-state index is 0.336. The molecular formula is C13H24N4O. The quantitative estimate of drug-likeness (QED) is 0.749. The summed E-state index contributed by atoms with van der Waals surface area (Å²) in [6.07, 6.45) is 4.20. The maximum absolute atomic E-state index is 5.75. The van der Waals surface area contributed by atoms with Crippen LogP contribution in [0.1, 0.15) is 12.7 Å². The van der Waals surface area contributed by atoms with Gasteiger partial charge < -0.3 is 14.6 Å². The smallest absolute Gasteiger partial charge is 0.105 e. The van der Waals surface area contributed by atoms with Gasteiger partial charge >= 0.3 is 0 Å². The van der Waals surface area contributed by atoms with Crippen LogP contribution in [0.3, 0.4) is 0 Å². The molecule has 0 bridgehead atoms. The molecule has 0 radical (unpaired) electrons. The molecule has 2 rings (SSSR count). The topological polar surface area (TPSA) is 42.3 Å². The van der Waals surface area contributed by atoms with Crippen LogP contribution in [0.2, 0.25) is 0 Å². The van der Waals surface area contributed by atoms with Crippen molar-refractivity contribution in [3.05, 3.63) is 18.2 Å². The Morgan fingerprint density at radius 2 is 2.44 bits per heavy atom. The molecule has 5 heteroatoms. The average Bonchev–Trinajstić information content (AvgIpc) is 2.81. The summed E-state index contributed by atoms with van der Waals surface area (Å²) in [6, 6.07) is 0. The largest absolute Gasteiger partial charge is 0.374 e. The van der Waals surface area contributed by atoms with Gasteiger partial charge in [0.05, 0.1) is 12.7 Å². The molecule has 102 valence electrons. The SMILES string of the molecule is CCN1CCOC(CNCCn2ccnc2C)C1. The van der Waals surface area contributed by atoms with E-state index in [-0.39, 0.29) is 0 Å². The third-order valence-electron chi connectivity index (χ3n) is 3.50. The Balaban J connectivity index is 1.62. The summed E-state index contributed by atoms with van der Waals surface area (Å²) < 4.78 is 7.91. The Labute approximate surface area is 109 Å². The lowest BCUT2D eigenvalue weighted by Crippen LogP contribution is -2.46. The number of nitrogens with one attached hydrogen (secondary N) is 1. The third-order valence-corrected chi connectivity index (χ3v) is 3.50. The van der Waals surface area contributed by atoms with Crippen LogP contribution < -0.4 is 5.32 Å². The summed E-state index contributed by atoms with van der Waals surface area (Å²) in [5, 5.41) is 3.46. The van der Waals surface area contributed by atoms with Crippen molar-refractivity contribution in [1.29, 1.82) is 0 Å². The first-order valence-corrected chi connectivity index (χ1v) is 6.82. The number of rotatable bonds is 6. The van der Waals surface area contributed by atoms with Crippen LogP contribution in [0, 0.1) is 6.92 Å². The number of aryl methyl sites for hydroxylation is 1. The van der Waals surface area contributed by atoms with Crippen LogP contribution in [0.4, 0.5) is 0 Å². The van der Waals surface area contributed by atoms with Crippen molar-refractivity contribution < 1.29 is 4.74 Å². The molecule has 1 atom stereocenters. The molecule has 0 aliphatic carbocycles. The van der Waals surface area contributed by atoms with E-state index in [0.29, 0.717) is 6.10 Å². The van der Waals surface area contributed by atoms with Gasteiger partial charge in [-0.05, 0) is 13.5 Å². The fourth-order valence-electron chi connectivity index (χ4n) is 2.29. The molecule has 1 unspecified atom stereocenters. The number of ether oxygens (including phenoxy) is 1. The van der Waals surface area contributed by atoms with Crippen molar-refractivity contribution in [3.63, 3.8) is 0 Å². The molecule has 0 amide bonds. The van der Waals surface area contributed by atoms with E-state index in [4.69, 9.17) is 4.74 Å². The maximum atomic E-state index is 5.75. The van der Waals surface area contributed by atoms with E-state index in [1.807, 2.05) is 19.3 Å². The molecule has 2 heterocycles. The second-order valence-corrected chi connectivity index (χ2v) is 4.76. The molecular weight excluding hydrogens is 228 g/mol. The molecule has 1 fully saturated rings. The van der Waals surface area contributed by atoms with Crippen molar-refractivity contribution in [2.75, 3.05) is 39.3 Å². The molecule has 1 aromatic rings. The fraction of sp³-hybridized carbons (Fsp3) is 0.769. The van der Waals surface area contributed by atoms with Gasteiger partial charge in [-0.2, -0.15) is 0 Å². The molecule has 1 aliphatic rings. The molecule has 0 spiro atoms. The summed E-state index contributed by atoms with van der Waals surface area (Å²) in [7, 11) is 0. The highest BCUT2D eigenvalue weighted by atomic mass is 16.5. The van der Waals surface area contributed by atoms with Gasteiger partial charge in [0.1, 0.15) is 5.82 Å². The van der Waals surface area contributed by atoms with Gasteiger partial charge in [0.25, 0.3) is 0 Å². The predicted molar refractivity (Wildman–Crippen MR) is 71.7 cm³/mol. The lowest BCUT2D eigenvalue weighted by atomic mass is 10.2. The summed E-state index contributed by atoms with van der Waals surface area (Å²) in [5.74, 6) is 1.07. The highest BCUT2D eigenvalue weighted by Crippen LogP contribution is 2.03. The minimum absolute atomic E-state index is 0.336. The Kier molecular flexibility index (Phi) is 5.16. The Morgan fingerprint density at radius 3 is 3.17 bits per heavy atom. The van der Waals surface area contributed by atoms with Crippen LogP contribution in [0.25, 0.3) is 0 Å². The van der Waals surface area contributed by atoms with Gasteiger partial charge in [-0.15, -0.1) is 0 Å².